The molecule has 0 saturated carbocycles. The van der Waals surface area contributed by atoms with Gasteiger partial charge in [-0.2, -0.15) is 0 Å². The molecular weight excluding hydrogens is 260 g/mol. The maximum absolute atomic E-state index is 11.8. The van der Waals surface area contributed by atoms with E-state index >= 15 is 0 Å². The quantitative estimate of drug-likeness (QED) is 0.477. The van der Waals surface area contributed by atoms with E-state index in [-0.39, 0.29) is 18.0 Å². The van der Waals surface area contributed by atoms with Gasteiger partial charge in [-0.25, -0.2) is 4.79 Å². The third-order valence-electron chi connectivity index (χ3n) is 2.77. The lowest BCUT2D eigenvalue weighted by molar-refractivity contribution is -0.384. The number of carbonyl (C=O) groups excluding carboxylic acids is 1. The van der Waals surface area contributed by atoms with E-state index in [4.69, 9.17) is 4.74 Å². The van der Waals surface area contributed by atoms with Crippen molar-refractivity contribution in [2.75, 3.05) is 6.61 Å². The summed E-state index contributed by atoms with van der Waals surface area (Å²) < 4.78 is 6.45. The summed E-state index contributed by atoms with van der Waals surface area (Å²) in [6.45, 7) is 2.29. The number of benzene rings is 1. The lowest BCUT2D eigenvalue weighted by Crippen LogP contribution is -2.12. The van der Waals surface area contributed by atoms with Gasteiger partial charge in [-0.3, -0.25) is 10.1 Å². The van der Waals surface area contributed by atoms with Crippen LogP contribution in [-0.2, 0) is 11.3 Å². The molecule has 2 aromatic rings. The van der Waals surface area contributed by atoms with Crippen molar-refractivity contribution in [3.63, 3.8) is 0 Å². The highest BCUT2D eigenvalue weighted by Crippen LogP contribution is 2.19. The van der Waals surface area contributed by atoms with Gasteiger partial charge in [-0.1, -0.05) is 30.3 Å². The fraction of sp³-hybridized carbons (Fsp3) is 0.214. The minimum atomic E-state index is -0.559. The summed E-state index contributed by atoms with van der Waals surface area (Å²) >= 11 is 0. The van der Waals surface area contributed by atoms with E-state index in [2.05, 4.69) is 0 Å². The Morgan fingerprint density at radius 2 is 2.05 bits per heavy atom. The molecule has 0 spiro atoms. The normalized spacial score (nSPS) is 10.2. The number of nitrogens with zero attached hydrogens (tertiary/aromatic N) is 2. The monoisotopic (exact) mass is 274 g/mol. The van der Waals surface area contributed by atoms with Crippen LogP contribution in [0.2, 0.25) is 0 Å². The summed E-state index contributed by atoms with van der Waals surface area (Å²) in [5.74, 6) is -0.559. The molecule has 0 saturated heterocycles. The molecule has 0 aliphatic rings. The first-order valence-electron chi connectivity index (χ1n) is 6.17. The van der Waals surface area contributed by atoms with Crippen molar-refractivity contribution >= 4 is 11.7 Å². The summed E-state index contributed by atoms with van der Waals surface area (Å²) in [5.41, 5.74) is 1.01. The van der Waals surface area contributed by atoms with E-state index in [1.165, 1.54) is 16.8 Å². The van der Waals surface area contributed by atoms with Crippen LogP contribution in [-0.4, -0.2) is 22.1 Å². The van der Waals surface area contributed by atoms with Crippen molar-refractivity contribution in [3.8, 4) is 0 Å². The maximum atomic E-state index is 11.8. The van der Waals surface area contributed by atoms with Crippen LogP contribution < -0.4 is 0 Å². The number of carbonyl (C=O) groups is 1. The average Bonchev–Trinajstić information content (AvgIpc) is 2.84. The molecule has 0 radical (unpaired) electrons. The highest BCUT2D eigenvalue weighted by molar-refractivity contribution is 5.88. The zero-order valence-corrected chi connectivity index (χ0v) is 11.0. The summed E-state index contributed by atoms with van der Waals surface area (Å²) in [6, 6.07) is 10.6. The second kappa shape index (κ2) is 6.01. The zero-order chi connectivity index (χ0) is 14.5. The lowest BCUT2D eigenvalue weighted by atomic mass is 10.2. The van der Waals surface area contributed by atoms with Gasteiger partial charge in [0.05, 0.1) is 17.7 Å². The van der Waals surface area contributed by atoms with E-state index in [1.54, 1.807) is 6.92 Å². The van der Waals surface area contributed by atoms with Crippen molar-refractivity contribution in [2.45, 2.75) is 13.5 Å². The van der Waals surface area contributed by atoms with Crippen molar-refractivity contribution in [3.05, 3.63) is 64.0 Å². The van der Waals surface area contributed by atoms with Crippen LogP contribution in [0.3, 0.4) is 0 Å². The van der Waals surface area contributed by atoms with Gasteiger partial charge < -0.3 is 9.30 Å². The number of esters is 1. The highest BCUT2D eigenvalue weighted by Gasteiger charge is 2.20. The van der Waals surface area contributed by atoms with Gasteiger partial charge in [0.1, 0.15) is 5.69 Å². The van der Waals surface area contributed by atoms with E-state index < -0.39 is 10.9 Å². The SMILES string of the molecule is CCOC(=O)c1cc([N+](=O)[O-])cn1Cc1ccccc1. The van der Waals surface area contributed by atoms with Crippen LogP contribution in [0.1, 0.15) is 23.0 Å². The molecule has 6 nitrogen and oxygen atoms in total. The number of nitro groups is 1. The van der Waals surface area contributed by atoms with Crippen LogP contribution >= 0.6 is 0 Å². The fourth-order valence-corrected chi connectivity index (χ4v) is 1.88. The van der Waals surface area contributed by atoms with E-state index in [9.17, 15) is 14.9 Å². The molecular formula is C14H14N2O4. The smallest absolute Gasteiger partial charge is 0.355 e. The van der Waals surface area contributed by atoms with Crippen molar-refractivity contribution in [2.24, 2.45) is 0 Å². The lowest BCUT2D eigenvalue weighted by Gasteiger charge is -2.07. The van der Waals surface area contributed by atoms with Crippen molar-refractivity contribution < 1.29 is 14.5 Å². The molecule has 0 fully saturated rings. The molecule has 0 bridgehead atoms. The number of hydrogen-bond donors (Lipinski definition) is 0. The molecule has 0 aliphatic carbocycles. The van der Waals surface area contributed by atoms with Crippen LogP contribution in [0.15, 0.2) is 42.6 Å². The van der Waals surface area contributed by atoms with Gasteiger partial charge >= 0.3 is 5.97 Å². The van der Waals surface area contributed by atoms with E-state index in [1.807, 2.05) is 30.3 Å². The molecule has 0 amide bonds. The first kappa shape index (κ1) is 13.8. The molecule has 2 rings (SSSR count). The minimum Gasteiger partial charge on any atom is -0.461 e. The molecule has 1 heterocycles. The fourth-order valence-electron chi connectivity index (χ4n) is 1.88. The average molecular weight is 274 g/mol. The van der Waals surface area contributed by atoms with Crippen LogP contribution in [0.4, 0.5) is 5.69 Å². The Balaban J connectivity index is 2.34. The third-order valence-corrected chi connectivity index (χ3v) is 2.77. The molecule has 6 heteroatoms. The molecule has 1 aromatic heterocycles. The summed E-state index contributed by atoms with van der Waals surface area (Å²) in [4.78, 5) is 22.1. The van der Waals surface area contributed by atoms with Gasteiger partial charge in [0, 0.05) is 12.6 Å². The van der Waals surface area contributed by atoms with E-state index in [0.29, 0.717) is 6.54 Å². The first-order valence-corrected chi connectivity index (χ1v) is 6.17. The Hall–Kier alpha value is -2.63. The molecule has 20 heavy (non-hydrogen) atoms. The summed E-state index contributed by atoms with van der Waals surface area (Å²) in [6.07, 6.45) is 1.35. The Morgan fingerprint density at radius 1 is 1.35 bits per heavy atom. The maximum Gasteiger partial charge on any atom is 0.355 e. The summed E-state index contributed by atoms with van der Waals surface area (Å²) in [7, 11) is 0. The standard InChI is InChI=1S/C14H14N2O4/c1-2-20-14(17)13-8-12(16(18)19)10-15(13)9-11-6-4-3-5-7-11/h3-8,10H,2,9H2,1H3. The molecule has 0 aliphatic heterocycles. The van der Waals surface area contributed by atoms with Gasteiger partial charge in [0.2, 0.25) is 0 Å². The predicted octanol–water partition coefficient (Wildman–Crippen LogP) is 2.62. The van der Waals surface area contributed by atoms with Crippen LogP contribution in [0.5, 0.6) is 0 Å². The second-order valence-electron chi connectivity index (χ2n) is 4.17. The highest BCUT2D eigenvalue weighted by atomic mass is 16.6. The van der Waals surface area contributed by atoms with Crippen molar-refractivity contribution in [1.82, 2.24) is 4.57 Å². The van der Waals surface area contributed by atoms with Gasteiger partial charge in [-0.15, -0.1) is 0 Å². The van der Waals surface area contributed by atoms with E-state index in [0.717, 1.165) is 5.56 Å². The van der Waals surface area contributed by atoms with Gasteiger partial charge in [0.15, 0.2) is 0 Å². The Kier molecular flexibility index (Phi) is 4.14. The number of rotatable bonds is 5. The zero-order valence-electron chi connectivity index (χ0n) is 11.0. The Bertz CT molecular complexity index is 619. The number of ether oxygens (including phenoxy) is 1. The molecule has 0 N–H and O–H groups in total. The van der Waals surface area contributed by atoms with Crippen molar-refractivity contribution in [1.29, 1.82) is 0 Å². The molecule has 0 atom stereocenters. The van der Waals surface area contributed by atoms with Crippen LogP contribution in [0, 0.1) is 10.1 Å². The van der Waals surface area contributed by atoms with Gasteiger partial charge in [0.25, 0.3) is 5.69 Å². The van der Waals surface area contributed by atoms with Crippen LogP contribution in [0.25, 0.3) is 0 Å². The topological polar surface area (TPSA) is 74.4 Å². The minimum absolute atomic E-state index is 0.121. The third kappa shape index (κ3) is 3.03. The molecule has 1 aromatic carbocycles. The largest absolute Gasteiger partial charge is 0.461 e. The number of hydrogen-bond acceptors (Lipinski definition) is 4. The Labute approximate surface area is 115 Å². The number of aromatic nitrogens is 1. The Morgan fingerprint density at radius 3 is 2.65 bits per heavy atom. The van der Waals surface area contributed by atoms with Gasteiger partial charge in [-0.05, 0) is 12.5 Å². The summed E-state index contributed by atoms with van der Waals surface area (Å²) in [5, 5.41) is 10.8. The predicted molar refractivity (Wildman–Crippen MR) is 72.6 cm³/mol. The second-order valence-corrected chi connectivity index (χ2v) is 4.17. The first-order chi connectivity index (χ1) is 9.61. The molecule has 0 unspecified atom stereocenters. The molecule has 104 valence electrons.